The first-order chi connectivity index (χ1) is 12.6. The molecule has 1 amide bonds. The minimum atomic E-state index is -0.208. The Kier molecular flexibility index (Phi) is 4.47. The lowest BCUT2D eigenvalue weighted by Gasteiger charge is -2.39. The van der Waals surface area contributed by atoms with E-state index in [2.05, 4.69) is 40.6 Å². The summed E-state index contributed by atoms with van der Waals surface area (Å²) in [5, 5.41) is 4.08. The molecule has 1 aliphatic carbocycles. The van der Waals surface area contributed by atoms with E-state index < -0.39 is 0 Å². The molecule has 1 N–H and O–H groups in total. The molecule has 1 unspecified atom stereocenters. The first-order valence-electron chi connectivity index (χ1n) is 9.79. The van der Waals surface area contributed by atoms with Crippen molar-refractivity contribution >= 4 is 22.8 Å². The Balaban J connectivity index is 1.69. The van der Waals surface area contributed by atoms with Gasteiger partial charge in [-0.05, 0) is 51.5 Å². The van der Waals surface area contributed by atoms with E-state index in [0.717, 1.165) is 68.3 Å². The fourth-order valence-electron chi connectivity index (χ4n) is 4.36. The Morgan fingerprint density at radius 3 is 2.77 bits per heavy atom. The molecule has 0 radical (unpaired) electrons. The van der Waals surface area contributed by atoms with E-state index in [9.17, 15) is 4.79 Å². The Morgan fingerprint density at radius 2 is 2.15 bits per heavy atom. The first-order valence-corrected chi connectivity index (χ1v) is 9.79. The van der Waals surface area contributed by atoms with Gasteiger partial charge in [0.15, 0.2) is 0 Å². The summed E-state index contributed by atoms with van der Waals surface area (Å²) in [7, 11) is 0. The van der Waals surface area contributed by atoms with Gasteiger partial charge in [0.2, 0.25) is 5.91 Å². The van der Waals surface area contributed by atoms with Crippen LogP contribution in [0.3, 0.4) is 0 Å². The van der Waals surface area contributed by atoms with Crippen molar-refractivity contribution in [1.29, 1.82) is 0 Å². The maximum Gasteiger partial charge on any atom is 0.231 e. The molecule has 2 fully saturated rings. The second kappa shape index (κ2) is 6.65. The number of aromatic nitrogens is 3. The smallest absolute Gasteiger partial charge is 0.231 e. The van der Waals surface area contributed by atoms with Crippen molar-refractivity contribution in [1.82, 2.24) is 14.5 Å². The molecule has 1 saturated heterocycles. The second-order valence-corrected chi connectivity index (χ2v) is 7.82. The largest absolute Gasteiger partial charge is 0.376 e. The van der Waals surface area contributed by atoms with E-state index in [0.29, 0.717) is 5.82 Å². The highest BCUT2D eigenvalue weighted by molar-refractivity contribution is 6.02. The van der Waals surface area contributed by atoms with Crippen LogP contribution in [0, 0.1) is 19.3 Å². The SMILES string of the molecule is CCC1(C(=O)Nc2ncnc3c2c(C)c(C)n3CC2CCCO2)CCC1. The molecule has 2 aromatic rings. The molecule has 0 bridgehead atoms. The van der Waals surface area contributed by atoms with Crippen LogP contribution in [0.15, 0.2) is 6.33 Å². The summed E-state index contributed by atoms with van der Waals surface area (Å²) in [6.45, 7) is 7.94. The van der Waals surface area contributed by atoms with Gasteiger partial charge in [-0.25, -0.2) is 9.97 Å². The molecule has 0 spiro atoms. The molecule has 1 saturated carbocycles. The zero-order chi connectivity index (χ0) is 18.3. The van der Waals surface area contributed by atoms with E-state index >= 15 is 0 Å². The number of carbonyl (C=O) groups excluding carboxylic acids is 1. The molecular formula is C20H28N4O2. The van der Waals surface area contributed by atoms with Gasteiger partial charge in [0, 0.05) is 17.7 Å². The van der Waals surface area contributed by atoms with Gasteiger partial charge in [-0.1, -0.05) is 13.3 Å². The minimum Gasteiger partial charge on any atom is -0.376 e. The zero-order valence-corrected chi connectivity index (χ0v) is 16.0. The van der Waals surface area contributed by atoms with Crippen LogP contribution in [0.1, 0.15) is 56.7 Å². The number of ether oxygens (including phenoxy) is 1. The van der Waals surface area contributed by atoms with Gasteiger partial charge < -0.3 is 14.6 Å². The lowest BCUT2D eigenvalue weighted by molar-refractivity contribution is -0.130. The quantitative estimate of drug-likeness (QED) is 0.886. The Hall–Kier alpha value is -1.95. The summed E-state index contributed by atoms with van der Waals surface area (Å²) in [5.74, 6) is 0.751. The van der Waals surface area contributed by atoms with E-state index in [1.807, 2.05) is 0 Å². The molecule has 2 aliphatic rings. The molecule has 2 aromatic heterocycles. The normalized spacial score (nSPS) is 21.7. The van der Waals surface area contributed by atoms with Crippen molar-refractivity contribution in [3.05, 3.63) is 17.6 Å². The van der Waals surface area contributed by atoms with E-state index in [4.69, 9.17) is 4.74 Å². The molecular weight excluding hydrogens is 328 g/mol. The standard InChI is InChI=1S/C20H28N4O2/c1-4-20(8-6-9-20)19(25)23-17-16-13(2)14(3)24(18(16)22-12-21-17)11-15-7-5-10-26-15/h12,15H,4-11H2,1-3H3,(H,21,22,23,25). The van der Waals surface area contributed by atoms with Gasteiger partial charge in [-0.15, -0.1) is 0 Å². The predicted octanol–water partition coefficient (Wildman–Crippen LogP) is 3.75. The summed E-state index contributed by atoms with van der Waals surface area (Å²) >= 11 is 0. The van der Waals surface area contributed by atoms with Crippen LogP contribution in [-0.4, -0.2) is 33.2 Å². The van der Waals surface area contributed by atoms with E-state index in [1.54, 1.807) is 6.33 Å². The average molecular weight is 356 g/mol. The highest BCUT2D eigenvalue weighted by Crippen LogP contribution is 2.45. The van der Waals surface area contributed by atoms with Gasteiger partial charge in [-0.2, -0.15) is 0 Å². The minimum absolute atomic E-state index is 0.107. The first kappa shape index (κ1) is 17.5. The van der Waals surface area contributed by atoms with Crippen molar-refractivity contribution in [2.24, 2.45) is 5.41 Å². The molecule has 6 nitrogen and oxygen atoms in total. The van der Waals surface area contributed by atoms with Gasteiger partial charge in [0.05, 0.1) is 18.0 Å². The second-order valence-electron chi connectivity index (χ2n) is 7.82. The Bertz CT molecular complexity index is 826. The third-order valence-corrected chi connectivity index (χ3v) is 6.52. The fraction of sp³-hybridized carbons (Fsp3) is 0.650. The molecule has 0 aromatic carbocycles. The number of anilines is 1. The zero-order valence-electron chi connectivity index (χ0n) is 16.0. The Morgan fingerprint density at radius 1 is 1.35 bits per heavy atom. The lowest BCUT2D eigenvalue weighted by atomic mass is 9.66. The number of carbonyl (C=O) groups is 1. The maximum atomic E-state index is 12.9. The summed E-state index contributed by atoms with van der Waals surface area (Å²) in [4.78, 5) is 21.8. The molecule has 26 heavy (non-hydrogen) atoms. The van der Waals surface area contributed by atoms with Crippen LogP contribution in [0.25, 0.3) is 11.0 Å². The van der Waals surface area contributed by atoms with E-state index in [1.165, 1.54) is 5.69 Å². The predicted molar refractivity (Wildman–Crippen MR) is 101 cm³/mol. The third kappa shape index (κ3) is 2.71. The topological polar surface area (TPSA) is 69.0 Å². The van der Waals surface area contributed by atoms with Crippen molar-refractivity contribution in [3.63, 3.8) is 0 Å². The van der Waals surface area contributed by atoms with Crippen molar-refractivity contribution < 1.29 is 9.53 Å². The maximum absolute atomic E-state index is 12.9. The van der Waals surface area contributed by atoms with Crippen LogP contribution in [0.2, 0.25) is 0 Å². The fourth-order valence-corrected chi connectivity index (χ4v) is 4.36. The number of amides is 1. The number of rotatable bonds is 5. The average Bonchev–Trinajstić information content (AvgIpc) is 3.18. The summed E-state index contributed by atoms with van der Waals surface area (Å²) in [6.07, 6.45) is 7.98. The van der Waals surface area contributed by atoms with Crippen LogP contribution in [-0.2, 0) is 16.1 Å². The molecule has 4 rings (SSSR count). The van der Waals surface area contributed by atoms with Gasteiger partial charge in [0.25, 0.3) is 0 Å². The molecule has 140 valence electrons. The number of hydrogen-bond donors (Lipinski definition) is 1. The van der Waals surface area contributed by atoms with Crippen LogP contribution in [0.5, 0.6) is 0 Å². The highest BCUT2D eigenvalue weighted by atomic mass is 16.5. The van der Waals surface area contributed by atoms with Crippen molar-refractivity contribution in [2.75, 3.05) is 11.9 Å². The number of fused-ring (bicyclic) bond motifs is 1. The Labute approximate surface area is 154 Å². The van der Waals surface area contributed by atoms with Crippen LogP contribution in [0.4, 0.5) is 5.82 Å². The molecule has 6 heteroatoms. The molecule has 1 aliphatic heterocycles. The summed E-state index contributed by atoms with van der Waals surface area (Å²) in [5.41, 5.74) is 2.98. The van der Waals surface area contributed by atoms with Crippen molar-refractivity contribution in [3.8, 4) is 0 Å². The third-order valence-electron chi connectivity index (χ3n) is 6.52. The lowest BCUT2D eigenvalue weighted by Crippen LogP contribution is -2.41. The van der Waals surface area contributed by atoms with Crippen molar-refractivity contribution in [2.45, 2.75) is 71.9 Å². The number of nitrogens with zero attached hydrogens (tertiary/aromatic N) is 3. The number of hydrogen-bond acceptors (Lipinski definition) is 4. The monoisotopic (exact) mass is 356 g/mol. The van der Waals surface area contributed by atoms with Crippen LogP contribution < -0.4 is 5.32 Å². The summed E-state index contributed by atoms with van der Waals surface area (Å²) < 4.78 is 8.03. The molecule has 1 atom stereocenters. The number of aryl methyl sites for hydroxylation is 1. The number of nitrogens with one attached hydrogen (secondary N) is 1. The molecule has 3 heterocycles. The van der Waals surface area contributed by atoms with Gasteiger partial charge in [0.1, 0.15) is 17.8 Å². The van der Waals surface area contributed by atoms with Gasteiger partial charge in [-0.3, -0.25) is 4.79 Å². The van der Waals surface area contributed by atoms with Gasteiger partial charge >= 0.3 is 0 Å². The van der Waals surface area contributed by atoms with Crippen LogP contribution >= 0.6 is 0 Å². The highest BCUT2D eigenvalue weighted by Gasteiger charge is 2.42. The van der Waals surface area contributed by atoms with E-state index in [-0.39, 0.29) is 17.4 Å². The summed E-state index contributed by atoms with van der Waals surface area (Å²) in [6, 6.07) is 0.